The van der Waals surface area contributed by atoms with Gasteiger partial charge in [-0.15, -0.1) is 0 Å². The van der Waals surface area contributed by atoms with Crippen LogP contribution in [0.5, 0.6) is 5.75 Å². The van der Waals surface area contributed by atoms with Gasteiger partial charge in [-0.2, -0.15) is 17.4 Å². The second kappa shape index (κ2) is 7.91. The van der Waals surface area contributed by atoms with Gasteiger partial charge in [-0.05, 0) is 29.5 Å². The average molecular weight is 385 g/mol. The Morgan fingerprint density at radius 3 is 2.54 bits per heavy atom. The molecule has 8 nitrogen and oxygen atoms in total. The largest absolute Gasteiger partial charge is 0.507 e. The quantitative estimate of drug-likeness (QED) is 0.644. The van der Waals surface area contributed by atoms with Gasteiger partial charge in [0.1, 0.15) is 11.3 Å². The Morgan fingerprint density at radius 2 is 2.00 bits per heavy atom. The number of nitrogens with one attached hydrogen (secondary N) is 1. The highest BCUT2D eigenvalue weighted by atomic mass is 32.2. The summed E-state index contributed by atoms with van der Waals surface area (Å²) >= 11 is 0. The van der Waals surface area contributed by atoms with Crippen LogP contribution in [0.3, 0.4) is 0 Å². The van der Waals surface area contributed by atoms with E-state index < -0.39 is 16.2 Å². The van der Waals surface area contributed by atoms with Crippen molar-refractivity contribution in [3.63, 3.8) is 0 Å². The van der Waals surface area contributed by atoms with E-state index in [-0.39, 0.29) is 23.3 Å². The number of rotatable bonds is 7. The monoisotopic (exact) mass is 385 g/mol. The Hall–Kier alpha value is -1.68. The van der Waals surface area contributed by atoms with Crippen molar-refractivity contribution in [1.82, 2.24) is 13.9 Å². The van der Waals surface area contributed by atoms with E-state index in [2.05, 4.69) is 23.5 Å². The minimum atomic E-state index is -3.52. The molecule has 0 aromatic heterocycles. The van der Waals surface area contributed by atoms with Crippen molar-refractivity contribution in [1.29, 1.82) is 0 Å². The molecular weight excluding hydrogens is 358 g/mol. The minimum absolute atomic E-state index is 0.132. The maximum Gasteiger partial charge on any atom is 0.339 e. The summed E-state index contributed by atoms with van der Waals surface area (Å²) in [5.41, 5.74) is 0.630. The first-order valence-electron chi connectivity index (χ1n) is 8.48. The summed E-state index contributed by atoms with van der Waals surface area (Å²) in [6.07, 6.45) is 0. The van der Waals surface area contributed by atoms with Crippen LogP contribution in [0.25, 0.3) is 0 Å². The minimum Gasteiger partial charge on any atom is -0.507 e. The van der Waals surface area contributed by atoms with Gasteiger partial charge in [-0.25, -0.2) is 4.79 Å². The maximum absolute atomic E-state index is 12.2. The molecule has 0 bridgehead atoms. The predicted octanol–water partition coefficient (Wildman–Crippen LogP) is 0.943. The second-order valence-electron chi connectivity index (χ2n) is 7.27. The fourth-order valence-electron chi connectivity index (χ4n) is 3.25. The lowest BCUT2D eigenvalue weighted by atomic mass is 9.92. The molecule has 1 aliphatic rings. The summed E-state index contributed by atoms with van der Waals surface area (Å²) < 4.78 is 28.3. The van der Waals surface area contributed by atoms with E-state index in [9.17, 15) is 18.3 Å². The highest BCUT2D eigenvalue weighted by Gasteiger charge is 2.37. The Bertz CT molecular complexity index is 764. The Morgan fingerprint density at radius 1 is 1.35 bits per heavy atom. The van der Waals surface area contributed by atoms with Gasteiger partial charge in [0.25, 0.3) is 10.2 Å². The van der Waals surface area contributed by atoms with Crippen LogP contribution in [0.2, 0.25) is 0 Å². The van der Waals surface area contributed by atoms with E-state index in [1.54, 1.807) is 6.07 Å². The molecule has 0 spiro atoms. The van der Waals surface area contributed by atoms with E-state index in [0.29, 0.717) is 25.6 Å². The van der Waals surface area contributed by atoms with Crippen molar-refractivity contribution in [2.75, 3.05) is 27.2 Å². The number of likely N-dealkylation sites (tertiary alicyclic amines) is 1. The van der Waals surface area contributed by atoms with Crippen LogP contribution in [-0.4, -0.2) is 67.0 Å². The Labute approximate surface area is 154 Å². The van der Waals surface area contributed by atoms with Gasteiger partial charge < -0.3 is 10.2 Å². The number of carboxylic acid groups (broad SMARTS) is 1. The summed E-state index contributed by atoms with van der Waals surface area (Å²) in [6, 6.07) is 4.31. The van der Waals surface area contributed by atoms with Gasteiger partial charge in [0.15, 0.2) is 0 Å². The normalized spacial score (nSPS) is 21.6. The van der Waals surface area contributed by atoms with E-state index >= 15 is 0 Å². The summed E-state index contributed by atoms with van der Waals surface area (Å²) in [5.74, 6) is -0.994. The molecule has 146 valence electrons. The van der Waals surface area contributed by atoms with Crippen molar-refractivity contribution in [3.05, 3.63) is 29.3 Å². The van der Waals surface area contributed by atoms with E-state index in [4.69, 9.17) is 5.11 Å². The summed E-state index contributed by atoms with van der Waals surface area (Å²) in [7, 11) is -0.543. The molecule has 3 N–H and O–H groups in total. The number of carboxylic acids is 1. The lowest BCUT2D eigenvalue weighted by Gasteiger charge is -2.24. The van der Waals surface area contributed by atoms with E-state index in [1.807, 2.05) is 0 Å². The number of aromatic hydroxyl groups is 1. The van der Waals surface area contributed by atoms with E-state index in [0.717, 1.165) is 9.87 Å². The zero-order valence-electron chi connectivity index (χ0n) is 15.5. The number of phenols is 1. The van der Waals surface area contributed by atoms with Crippen LogP contribution in [0.1, 0.15) is 29.8 Å². The molecule has 1 aromatic carbocycles. The average Bonchev–Trinajstić information content (AvgIpc) is 2.90. The van der Waals surface area contributed by atoms with Gasteiger partial charge in [0, 0.05) is 39.8 Å². The first-order valence-corrected chi connectivity index (χ1v) is 9.92. The van der Waals surface area contributed by atoms with Gasteiger partial charge in [-0.3, -0.25) is 4.90 Å². The van der Waals surface area contributed by atoms with Crippen LogP contribution in [0, 0.1) is 11.8 Å². The van der Waals surface area contributed by atoms with Crippen LogP contribution in [-0.2, 0) is 16.8 Å². The maximum atomic E-state index is 12.2. The van der Waals surface area contributed by atoms with Crippen molar-refractivity contribution in [2.45, 2.75) is 26.4 Å². The zero-order valence-corrected chi connectivity index (χ0v) is 16.3. The highest BCUT2D eigenvalue weighted by molar-refractivity contribution is 7.87. The van der Waals surface area contributed by atoms with Crippen LogP contribution in [0.4, 0.5) is 0 Å². The number of benzene rings is 1. The third kappa shape index (κ3) is 4.73. The van der Waals surface area contributed by atoms with E-state index in [1.165, 1.54) is 26.2 Å². The molecule has 0 saturated carbocycles. The molecule has 1 fully saturated rings. The molecule has 1 aromatic rings. The first-order chi connectivity index (χ1) is 12.0. The van der Waals surface area contributed by atoms with Gasteiger partial charge in [0.2, 0.25) is 0 Å². The van der Waals surface area contributed by atoms with Gasteiger partial charge in [0.05, 0.1) is 0 Å². The molecule has 0 unspecified atom stereocenters. The number of aromatic carboxylic acids is 1. The lowest BCUT2D eigenvalue weighted by Crippen LogP contribution is -2.46. The molecule has 9 heteroatoms. The molecule has 2 rings (SSSR count). The SMILES string of the molecule is CC(C)[C@@H]1CN(Cc2ccc(O)c(C(=O)O)c2)C[C@H]1NS(=O)(=O)N(C)C. The topological polar surface area (TPSA) is 110 Å². The third-order valence-corrected chi connectivity index (χ3v) is 6.34. The smallest absolute Gasteiger partial charge is 0.339 e. The Balaban J connectivity index is 2.15. The van der Waals surface area contributed by atoms with Gasteiger partial charge >= 0.3 is 5.97 Å². The first kappa shape index (κ1) is 20.6. The van der Waals surface area contributed by atoms with Crippen LogP contribution >= 0.6 is 0 Å². The molecule has 2 atom stereocenters. The lowest BCUT2D eigenvalue weighted by molar-refractivity contribution is 0.0693. The van der Waals surface area contributed by atoms with Gasteiger partial charge in [-0.1, -0.05) is 19.9 Å². The van der Waals surface area contributed by atoms with Crippen LogP contribution < -0.4 is 4.72 Å². The molecule has 0 radical (unpaired) electrons. The molecule has 0 amide bonds. The highest BCUT2D eigenvalue weighted by Crippen LogP contribution is 2.27. The summed E-state index contributed by atoms with van der Waals surface area (Å²) in [6.45, 7) is 5.87. The third-order valence-electron chi connectivity index (χ3n) is 4.78. The van der Waals surface area contributed by atoms with Crippen molar-refractivity contribution in [2.24, 2.45) is 11.8 Å². The number of nitrogens with zero attached hydrogens (tertiary/aromatic N) is 2. The standard InChI is InChI=1S/C17H27N3O5S/c1-11(2)14-9-20(10-15(14)18-26(24,25)19(3)4)8-12-5-6-16(21)13(7-12)17(22)23/h5-7,11,14-15,18,21H,8-10H2,1-4H3,(H,22,23)/t14-,15+/m0/s1. The Kier molecular flexibility index (Phi) is 6.28. The fourth-order valence-corrected chi connectivity index (χ4v) is 4.09. The predicted molar refractivity (Wildman–Crippen MR) is 98.2 cm³/mol. The summed E-state index contributed by atoms with van der Waals surface area (Å²) in [4.78, 5) is 13.3. The van der Waals surface area contributed by atoms with Crippen molar-refractivity contribution < 1.29 is 23.4 Å². The molecule has 0 aliphatic carbocycles. The second-order valence-corrected chi connectivity index (χ2v) is 9.19. The molecule has 1 heterocycles. The molecule has 1 saturated heterocycles. The van der Waals surface area contributed by atoms with Crippen LogP contribution in [0.15, 0.2) is 18.2 Å². The zero-order chi connectivity index (χ0) is 19.6. The molecular formula is C17H27N3O5S. The molecule has 26 heavy (non-hydrogen) atoms. The van der Waals surface area contributed by atoms with Crippen molar-refractivity contribution >= 4 is 16.2 Å². The number of hydrogen-bond donors (Lipinski definition) is 3. The fraction of sp³-hybridized carbons (Fsp3) is 0.588. The molecule has 1 aliphatic heterocycles. The number of carbonyl (C=O) groups is 1. The van der Waals surface area contributed by atoms with Crippen molar-refractivity contribution in [3.8, 4) is 5.75 Å². The number of hydrogen-bond acceptors (Lipinski definition) is 5. The summed E-state index contributed by atoms with van der Waals surface area (Å²) in [5, 5.41) is 18.8.